The maximum Gasteiger partial charge on any atom is 0.108 e. The average Bonchev–Trinajstić information content (AvgIpc) is 3.00. The Morgan fingerprint density at radius 2 is 2.14 bits per heavy atom. The first kappa shape index (κ1) is 14.0. The van der Waals surface area contributed by atoms with Gasteiger partial charge in [-0.3, -0.25) is 4.98 Å². The summed E-state index contributed by atoms with van der Waals surface area (Å²) in [5, 5.41) is 21.3. The number of azide groups is 1. The second-order valence-electron chi connectivity index (χ2n) is 4.78. The van der Waals surface area contributed by atoms with E-state index in [1.807, 2.05) is 30.3 Å². The zero-order valence-corrected chi connectivity index (χ0v) is 11.7. The Morgan fingerprint density at radius 3 is 2.91 bits per heavy atom. The molecule has 3 rings (SSSR count). The molecule has 0 saturated carbocycles. The Morgan fingerprint density at radius 1 is 1.23 bits per heavy atom. The minimum absolute atomic E-state index is 0.126. The molecule has 1 aromatic carbocycles. The summed E-state index contributed by atoms with van der Waals surface area (Å²) in [5.74, 6) is 0. The summed E-state index contributed by atoms with van der Waals surface area (Å²) in [5.41, 5.74) is 11.5. The number of fused-ring (bicyclic) bond motifs is 1. The monoisotopic (exact) mass is 295 g/mol. The lowest BCUT2D eigenvalue weighted by Crippen LogP contribution is -2.02. The van der Waals surface area contributed by atoms with Crippen molar-refractivity contribution in [1.82, 2.24) is 20.0 Å². The zero-order valence-electron chi connectivity index (χ0n) is 11.7. The third-order valence-electron chi connectivity index (χ3n) is 3.20. The summed E-state index contributed by atoms with van der Waals surface area (Å²) in [6, 6.07) is 9.65. The van der Waals surface area contributed by atoms with E-state index in [-0.39, 0.29) is 6.61 Å². The van der Waals surface area contributed by atoms with Crippen LogP contribution in [0.2, 0.25) is 0 Å². The van der Waals surface area contributed by atoms with Crippen LogP contribution in [0.3, 0.4) is 0 Å². The largest absolute Gasteiger partial charge is 0.390 e. The van der Waals surface area contributed by atoms with E-state index in [1.54, 1.807) is 10.9 Å². The van der Waals surface area contributed by atoms with Crippen LogP contribution < -0.4 is 0 Å². The molecule has 0 aliphatic carbocycles. The molecule has 0 unspecified atom stereocenters. The first-order valence-electron chi connectivity index (χ1n) is 6.68. The van der Waals surface area contributed by atoms with Gasteiger partial charge in [-0.2, -0.15) is 0 Å². The van der Waals surface area contributed by atoms with E-state index in [1.165, 1.54) is 0 Å². The summed E-state index contributed by atoms with van der Waals surface area (Å²) in [6.45, 7) is 0.694. The molecule has 0 saturated heterocycles. The second-order valence-corrected chi connectivity index (χ2v) is 4.78. The predicted octanol–water partition coefficient (Wildman–Crippen LogP) is 2.18. The number of aromatic nitrogens is 4. The molecule has 3 aromatic rings. The normalized spacial score (nSPS) is 10.6. The van der Waals surface area contributed by atoms with Gasteiger partial charge >= 0.3 is 0 Å². The van der Waals surface area contributed by atoms with Crippen molar-refractivity contribution >= 4 is 10.9 Å². The number of benzene rings is 1. The van der Waals surface area contributed by atoms with Gasteiger partial charge in [0.15, 0.2) is 0 Å². The lowest BCUT2D eigenvalue weighted by atomic mass is 10.1. The zero-order chi connectivity index (χ0) is 15.4. The van der Waals surface area contributed by atoms with Gasteiger partial charge in [0.05, 0.1) is 37.1 Å². The third kappa shape index (κ3) is 3.03. The van der Waals surface area contributed by atoms with Crippen molar-refractivity contribution in [3.8, 4) is 0 Å². The van der Waals surface area contributed by atoms with Gasteiger partial charge in [0.1, 0.15) is 5.69 Å². The van der Waals surface area contributed by atoms with Gasteiger partial charge in [-0.15, -0.1) is 5.10 Å². The van der Waals surface area contributed by atoms with Crippen LogP contribution in [-0.2, 0) is 19.7 Å². The Kier molecular flexibility index (Phi) is 3.95. The summed E-state index contributed by atoms with van der Waals surface area (Å²) in [6.07, 6.45) is 1.69. The van der Waals surface area contributed by atoms with Gasteiger partial charge in [-0.05, 0) is 29.3 Å². The fraction of sp³-hybridized carbons (Fsp3) is 0.214. The molecule has 0 atom stereocenters. The number of hydrogen-bond donors (Lipinski definition) is 1. The van der Waals surface area contributed by atoms with Gasteiger partial charge in [-0.1, -0.05) is 22.5 Å². The van der Waals surface area contributed by atoms with Crippen LogP contribution in [0.15, 0.2) is 41.6 Å². The number of rotatable bonds is 5. The smallest absolute Gasteiger partial charge is 0.108 e. The summed E-state index contributed by atoms with van der Waals surface area (Å²) in [4.78, 5) is 7.33. The second kappa shape index (κ2) is 6.21. The molecule has 8 heteroatoms. The van der Waals surface area contributed by atoms with E-state index in [2.05, 4.69) is 25.3 Å². The van der Waals surface area contributed by atoms with Crippen LogP contribution in [0.25, 0.3) is 21.3 Å². The highest BCUT2D eigenvalue weighted by Gasteiger charge is 2.03. The first-order valence-corrected chi connectivity index (χ1v) is 6.68. The van der Waals surface area contributed by atoms with E-state index in [9.17, 15) is 0 Å². The molecule has 1 N–H and O–H groups in total. The van der Waals surface area contributed by atoms with Gasteiger partial charge < -0.3 is 5.11 Å². The number of hydrogen-bond acceptors (Lipinski definition) is 5. The molecule has 110 valence electrons. The predicted molar refractivity (Wildman–Crippen MR) is 79.6 cm³/mol. The maximum atomic E-state index is 8.98. The number of nitrogens with zero attached hydrogens (tertiary/aromatic N) is 7. The molecule has 8 nitrogen and oxygen atoms in total. The molecular formula is C14H13N7O. The van der Waals surface area contributed by atoms with Crippen LogP contribution in [0, 0.1) is 0 Å². The van der Waals surface area contributed by atoms with Crippen molar-refractivity contribution < 1.29 is 5.11 Å². The van der Waals surface area contributed by atoms with E-state index in [0.717, 1.165) is 22.2 Å². The average molecular weight is 295 g/mol. The summed E-state index contributed by atoms with van der Waals surface area (Å²) < 4.78 is 1.63. The SMILES string of the molecule is [N-]=[N+]=NCc1ccc2nc(Cn3cc(CO)nn3)ccc2c1. The lowest BCUT2D eigenvalue weighted by Gasteiger charge is -2.04. The van der Waals surface area contributed by atoms with Crippen molar-refractivity contribution in [2.75, 3.05) is 0 Å². The topological polar surface area (TPSA) is 113 Å². The molecule has 0 spiro atoms. The van der Waals surface area contributed by atoms with Crippen LogP contribution in [0.1, 0.15) is 17.0 Å². The fourth-order valence-electron chi connectivity index (χ4n) is 2.17. The highest BCUT2D eigenvalue weighted by molar-refractivity contribution is 5.79. The van der Waals surface area contributed by atoms with Gasteiger partial charge in [-0.25, -0.2) is 4.68 Å². The van der Waals surface area contributed by atoms with E-state index in [0.29, 0.717) is 18.8 Å². The number of pyridine rings is 1. The molecule has 0 aliphatic heterocycles. The van der Waals surface area contributed by atoms with Crippen LogP contribution in [-0.4, -0.2) is 25.1 Å². The van der Waals surface area contributed by atoms with E-state index < -0.39 is 0 Å². The third-order valence-corrected chi connectivity index (χ3v) is 3.20. The molecule has 22 heavy (non-hydrogen) atoms. The van der Waals surface area contributed by atoms with Gasteiger partial charge in [0, 0.05) is 10.3 Å². The van der Waals surface area contributed by atoms with Crippen LogP contribution >= 0.6 is 0 Å². The molecule has 2 heterocycles. The molecule has 0 radical (unpaired) electrons. The molecule has 0 fully saturated rings. The highest BCUT2D eigenvalue weighted by atomic mass is 16.3. The van der Waals surface area contributed by atoms with Crippen molar-refractivity contribution in [1.29, 1.82) is 0 Å². The first-order chi connectivity index (χ1) is 10.8. The van der Waals surface area contributed by atoms with Crippen molar-refractivity contribution in [2.24, 2.45) is 5.11 Å². The van der Waals surface area contributed by atoms with Crippen molar-refractivity contribution in [3.05, 3.63) is 63.9 Å². The van der Waals surface area contributed by atoms with Gasteiger partial charge in [0.2, 0.25) is 0 Å². The Balaban J connectivity index is 1.84. The Labute approximate surface area is 125 Å². The van der Waals surface area contributed by atoms with Crippen LogP contribution in [0.5, 0.6) is 0 Å². The molecular weight excluding hydrogens is 282 g/mol. The van der Waals surface area contributed by atoms with Crippen molar-refractivity contribution in [2.45, 2.75) is 19.7 Å². The fourth-order valence-corrected chi connectivity index (χ4v) is 2.17. The number of aliphatic hydroxyl groups is 1. The Hall–Kier alpha value is -2.96. The minimum Gasteiger partial charge on any atom is -0.390 e. The van der Waals surface area contributed by atoms with Crippen molar-refractivity contribution in [3.63, 3.8) is 0 Å². The Bertz CT molecular complexity index is 851. The highest BCUT2D eigenvalue weighted by Crippen LogP contribution is 2.16. The van der Waals surface area contributed by atoms with Gasteiger partial charge in [0.25, 0.3) is 0 Å². The molecule has 0 amide bonds. The quantitative estimate of drug-likeness (QED) is 0.441. The van der Waals surface area contributed by atoms with Crippen LogP contribution in [0.4, 0.5) is 0 Å². The lowest BCUT2D eigenvalue weighted by molar-refractivity contribution is 0.276. The molecule has 0 aliphatic rings. The minimum atomic E-state index is -0.126. The summed E-state index contributed by atoms with van der Waals surface area (Å²) in [7, 11) is 0. The summed E-state index contributed by atoms with van der Waals surface area (Å²) >= 11 is 0. The maximum absolute atomic E-state index is 8.98. The molecule has 0 bridgehead atoms. The van der Waals surface area contributed by atoms with E-state index >= 15 is 0 Å². The molecule has 2 aromatic heterocycles. The number of aliphatic hydroxyl groups excluding tert-OH is 1. The standard InChI is InChI=1S/C14H13N7O/c15-19-16-6-10-1-4-14-11(5-10)2-3-12(17-14)7-21-8-13(9-22)18-20-21/h1-5,8,22H,6-7,9H2. The van der Waals surface area contributed by atoms with E-state index in [4.69, 9.17) is 10.6 Å².